The van der Waals surface area contributed by atoms with E-state index < -0.39 is 11.7 Å². The van der Waals surface area contributed by atoms with Crippen LogP contribution in [0.15, 0.2) is 48.5 Å². The summed E-state index contributed by atoms with van der Waals surface area (Å²) in [4.78, 5) is 11.9. The summed E-state index contributed by atoms with van der Waals surface area (Å²) in [5.74, 6) is 0. The maximum Gasteiger partial charge on any atom is 0.411 e. The number of carbonyl (C=O) groups excluding carboxylic acids is 1. The minimum atomic E-state index is -0.960. The van der Waals surface area contributed by atoms with Gasteiger partial charge in [0.25, 0.3) is 0 Å². The van der Waals surface area contributed by atoms with E-state index in [1.165, 1.54) is 0 Å². The van der Waals surface area contributed by atoms with Crippen molar-refractivity contribution in [1.82, 2.24) is 0 Å². The van der Waals surface area contributed by atoms with Crippen molar-refractivity contribution in [2.75, 3.05) is 5.32 Å². The van der Waals surface area contributed by atoms with Crippen LogP contribution in [0.3, 0.4) is 0 Å². The Morgan fingerprint density at radius 2 is 1.86 bits per heavy atom. The van der Waals surface area contributed by atoms with Crippen LogP contribution >= 0.6 is 0 Å². The molecule has 0 atom stereocenters. The number of aliphatic hydroxyl groups is 1. The van der Waals surface area contributed by atoms with Crippen LogP contribution in [0.4, 0.5) is 10.5 Å². The molecule has 2 aromatic rings. The number of anilines is 1. The van der Waals surface area contributed by atoms with E-state index >= 15 is 0 Å². The highest BCUT2D eigenvalue weighted by Gasteiger charge is 2.17. The number of carbonyl (C=O) groups is 1. The van der Waals surface area contributed by atoms with Crippen molar-refractivity contribution in [2.45, 2.75) is 33.0 Å². The number of hydrogen-bond acceptors (Lipinski definition) is 3. The molecule has 0 aliphatic heterocycles. The summed E-state index contributed by atoms with van der Waals surface area (Å²) < 4.78 is 5.20. The number of rotatable bonds is 4. The van der Waals surface area contributed by atoms with Gasteiger partial charge in [-0.2, -0.15) is 0 Å². The molecule has 1 amide bonds. The molecule has 0 spiro atoms. The van der Waals surface area contributed by atoms with Gasteiger partial charge in [-0.15, -0.1) is 0 Å². The van der Waals surface area contributed by atoms with Gasteiger partial charge in [-0.25, -0.2) is 4.79 Å². The van der Waals surface area contributed by atoms with E-state index in [0.29, 0.717) is 5.69 Å². The maximum absolute atomic E-state index is 11.9. The normalized spacial score (nSPS) is 11.1. The first-order valence-electron chi connectivity index (χ1n) is 7.17. The molecule has 0 aromatic heterocycles. The Morgan fingerprint density at radius 3 is 2.50 bits per heavy atom. The van der Waals surface area contributed by atoms with Gasteiger partial charge < -0.3 is 9.84 Å². The molecule has 2 rings (SSSR count). The number of hydrogen-bond donors (Lipinski definition) is 2. The number of aryl methyl sites for hydroxylation is 1. The molecule has 2 aromatic carbocycles. The van der Waals surface area contributed by atoms with E-state index in [0.717, 1.165) is 16.7 Å². The van der Waals surface area contributed by atoms with Crippen LogP contribution in [0, 0.1) is 6.92 Å². The number of nitrogens with one attached hydrogen (secondary N) is 1. The molecule has 0 fully saturated rings. The Hall–Kier alpha value is -2.33. The monoisotopic (exact) mass is 299 g/mol. The van der Waals surface area contributed by atoms with Crippen LogP contribution in [0.5, 0.6) is 0 Å². The van der Waals surface area contributed by atoms with Crippen LogP contribution in [-0.4, -0.2) is 11.2 Å². The van der Waals surface area contributed by atoms with Gasteiger partial charge in [0.2, 0.25) is 0 Å². The zero-order valence-corrected chi connectivity index (χ0v) is 13.1. The fourth-order valence-electron chi connectivity index (χ4n) is 2.01. The van der Waals surface area contributed by atoms with Crippen LogP contribution in [0.25, 0.3) is 0 Å². The van der Waals surface area contributed by atoms with Gasteiger partial charge in [0.1, 0.15) is 6.61 Å². The summed E-state index contributed by atoms with van der Waals surface area (Å²) >= 11 is 0. The third-order valence-corrected chi connectivity index (χ3v) is 3.39. The topological polar surface area (TPSA) is 58.6 Å². The fraction of sp³-hybridized carbons (Fsp3) is 0.278. The summed E-state index contributed by atoms with van der Waals surface area (Å²) in [6.07, 6.45) is -0.514. The molecule has 0 heterocycles. The lowest BCUT2D eigenvalue weighted by molar-refractivity contribution is 0.0786. The summed E-state index contributed by atoms with van der Waals surface area (Å²) in [6.45, 7) is 5.52. The first-order chi connectivity index (χ1) is 10.4. The van der Waals surface area contributed by atoms with Crippen molar-refractivity contribution in [3.8, 4) is 0 Å². The summed E-state index contributed by atoms with van der Waals surface area (Å²) in [5, 5.41) is 12.8. The number of amides is 1. The van der Waals surface area contributed by atoms with Crippen molar-refractivity contribution in [3.63, 3.8) is 0 Å². The second-order valence-corrected chi connectivity index (χ2v) is 5.78. The minimum Gasteiger partial charge on any atom is -0.444 e. The zero-order chi connectivity index (χ0) is 16.2. The Kier molecular flexibility index (Phi) is 4.83. The van der Waals surface area contributed by atoms with Crippen LogP contribution in [-0.2, 0) is 16.9 Å². The van der Waals surface area contributed by atoms with E-state index in [9.17, 15) is 9.90 Å². The molecule has 4 heteroatoms. The van der Waals surface area contributed by atoms with E-state index in [1.807, 2.05) is 49.4 Å². The van der Waals surface area contributed by atoms with E-state index in [-0.39, 0.29) is 6.61 Å². The SMILES string of the molecule is Cc1ccc(C(C)(C)O)cc1NC(=O)OCc1ccccc1. The van der Waals surface area contributed by atoms with Gasteiger partial charge in [0.05, 0.1) is 5.60 Å². The third-order valence-electron chi connectivity index (χ3n) is 3.39. The molecule has 0 aliphatic rings. The van der Waals surface area contributed by atoms with Crippen LogP contribution < -0.4 is 5.32 Å². The van der Waals surface area contributed by atoms with Gasteiger partial charge in [0, 0.05) is 5.69 Å². The molecular weight excluding hydrogens is 278 g/mol. The predicted octanol–water partition coefficient (Wildman–Crippen LogP) is 3.97. The molecule has 0 saturated carbocycles. The molecule has 0 aliphatic carbocycles. The predicted molar refractivity (Wildman–Crippen MR) is 86.7 cm³/mol. The highest BCUT2D eigenvalue weighted by Crippen LogP contribution is 2.25. The molecule has 116 valence electrons. The average Bonchev–Trinajstić information content (AvgIpc) is 2.47. The van der Waals surface area contributed by atoms with Gasteiger partial charge in [0.15, 0.2) is 0 Å². The van der Waals surface area contributed by atoms with Crippen molar-refractivity contribution in [1.29, 1.82) is 0 Å². The lowest BCUT2D eigenvalue weighted by atomic mass is 9.96. The maximum atomic E-state index is 11.9. The second-order valence-electron chi connectivity index (χ2n) is 5.78. The van der Waals surface area contributed by atoms with Crippen molar-refractivity contribution >= 4 is 11.8 Å². The molecule has 0 unspecified atom stereocenters. The molecule has 2 N–H and O–H groups in total. The minimum absolute atomic E-state index is 0.219. The summed E-state index contributed by atoms with van der Waals surface area (Å²) in [6, 6.07) is 15.0. The van der Waals surface area contributed by atoms with Crippen molar-refractivity contribution in [2.24, 2.45) is 0 Å². The molecular formula is C18H21NO3. The Morgan fingerprint density at radius 1 is 1.18 bits per heavy atom. The molecule has 0 radical (unpaired) electrons. The van der Waals surface area contributed by atoms with Crippen LogP contribution in [0.1, 0.15) is 30.5 Å². The van der Waals surface area contributed by atoms with Crippen molar-refractivity contribution in [3.05, 3.63) is 65.2 Å². The fourth-order valence-corrected chi connectivity index (χ4v) is 2.01. The Balaban J connectivity index is 2.02. The number of benzene rings is 2. The van der Waals surface area contributed by atoms with Crippen LogP contribution in [0.2, 0.25) is 0 Å². The zero-order valence-electron chi connectivity index (χ0n) is 13.1. The third kappa shape index (κ3) is 4.33. The first-order valence-corrected chi connectivity index (χ1v) is 7.17. The van der Waals surface area contributed by atoms with Crippen molar-refractivity contribution < 1.29 is 14.6 Å². The highest BCUT2D eigenvalue weighted by molar-refractivity contribution is 5.85. The molecule has 0 saturated heterocycles. The van der Waals surface area contributed by atoms with E-state index in [1.54, 1.807) is 19.9 Å². The first kappa shape index (κ1) is 16.0. The van der Waals surface area contributed by atoms with Gasteiger partial charge in [-0.1, -0.05) is 42.5 Å². The Bertz CT molecular complexity index is 645. The van der Waals surface area contributed by atoms with E-state index in [2.05, 4.69) is 5.32 Å². The molecule has 0 bridgehead atoms. The largest absolute Gasteiger partial charge is 0.444 e. The number of ether oxygens (including phenoxy) is 1. The highest BCUT2D eigenvalue weighted by atomic mass is 16.5. The van der Waals surface area contributed by atoms with E-state index in [4.69, 9.17) is 4.74 Å². The van der Waals surface area contributed by atoms with Gasteiger partial charge in [-0.05, 0) is 43.5 Å². The lowest BCUT2D eigenvalue weighted by Crippen LogP contribution is -2.18. The van der Waals surface area contributed by atoms with Gasteiger partial charge >= 0.3 is 6.09 Å². The molecule has 22 heavy (non-hydrogen) atoms. The lowest BCUT2D eigenvalue weighted by Gasteiger charge is -2.19. The smallest absolute Gasteiger partial charge is 0.411 e. The summed E-state index contributed by atoms with van der Waals surface area (Å²) in [7, 11) is 0. The average molecular weight is 299 g/mol. The second kappa shape index (κ2) is 6.62. The molecule has 4 nitrogen and oxygen atoms in total. The van der Waals surface area contributed by atoms with Gasteiger partial charge in [-0.3, -0.25) is 5.32 Å². The summed E-state index contributed by atoms with van der Waals surface area (Å²) in [5.41, 5.74) is 2.25. The Labute approximate surface area is 130 Å². The quantitative estimate of drug-likeness (QED) is 0.898. The standard InChI is InChI=1S/C18H21NO3/c1-13-9-10-15(18(2,3)21)11-16(13)19-17(20)22-12-14-7-5-4-6-8-14/h4-11,21H,12H2,1-3H3,(H,19,20).